The van der Waals surface area contributed by atoms with E-state index in [4.69, 9.17) is 4.74 Å². The molecule has 3 heterocycles. The van der Waals surface area contributed by atoms with Crippen molar-refractivity contribution in [3.63, 3.8) is 0 Å². The van der Waals surface area contributed by atoms with Crippen LogP contribution in [0.15, 0.2) is 24.3 Å². The van der Waals surface area contributed by atoms with Gasteiger partial charge in [0.2, 0.25) is 5.91 Å². The SMILES string of the molecule is CCOc1ccc(NC(=O)N2C[C@H]3C[C@H](C2)[C@H]2CCCC(=O)N2C3)cc1. The Hall–Kier alpha value is -2.24. The van der Waals surface area contributed by atoms with E-state index in [1.54, 1.807) is 0 Å². The number of urea groups is 1. The molecule has 1 N–H and O–H groups in total. The van der Waals surface area contributed by atoms with Crippen molar-refractivity contribution in [3.8, 4) is 5.75 Å². The molecule has 3 fully saturated rings. The fourth-order valence-electron chi connectivity index (χ4n) is 4.78. The Kier molecular flexibility index (Phi) is 4.74. The van der Waals surface area contributed by atoms with Gasteiger partial charge in [-0.3, -0.25) is 4.79 Å². The molecule has 6 nitrogen and oxygen atoms in total. The van der Waals surface area contributed by atoms with Gasteiger partial charge in [-0.15, -0.1) is 0 Å². The van der Waals surface area contributed by atoms with Gasteiger partial charge >= 0.3 is 6.03 Å². The number of carbonyl (C=O) groups is 2. The normalized spacial score (nSPS) is 27.7. The van der Waals surface area contributed by atoms with Crippen molar-refractivity contribution in [3.05, 3.63) is 24.3 Å². The molecule has 1 aromatic carbocycles. The van der Waals surface area contributed by atoms with Crippen molar-refractivity contribution in [1.82, 2.24) is 9.80 Å². The third-order valence-corrected chi connectivity index (χ3v) is 5.88. The Morgan fingerprint density at radius 1 is 1.23 bits per heavy atom. The summed E-state index contributed by atoms with van der Waals surface area (Å²) in [5, 5.41) is 3.00. The van der Waals surface area contributed by atoms with E-state index in [0.29, 0.717) is 36.8 Å². The summed E-state index contributed by atoms with van der Waals surface area (Å²) in [6, 6.07) is 7.77. The topological polar surface area (TPSA) is 61.9 Å². The van der Waals surface area contributed by atoms with Crippen LogP contribution < -0.4 is 10.1 Å². The van der Waals surface area contributed by atoms with Crippen molar-refractivity contribution in [2.24, 2.45) is 11.8 Å². The number of fused-ring (bicyclic) bond motifs is 4. The van der Waals surface area contributed by atoms with Crippen LogP contribution in [0.3, 0.4) is 0 Å². The average molecular weight is 357 g/mol. The van der Waals surface area contributed by atoms with Gasteiger partial charge in [-0.25, -0.2) is 4.79 Å². The van der Waals surface area contributed by atoms with Crippen LogP contribution in [0.5, 0.6) is 5.75 Å². The smallest absolute Gasteiger partial charge is 0.321 e. The number of likely N-dealkylation sites (tertiary alicyclic amines) is 1. The molecule has 1 aromatic rings. The first kappa shape index (κ1) is 17.2. The summed E-state index contributed by atoms with van der Waals surface area (Å²) in [6.45, 7) is 4.86. The van der Waals surface area contributed by atoms with E-state index in [9.17, 15) is 9.59 Å². The first-order chi connectivity index (χ1) is 12.6. The Morgan fingerprint density at radius 3 is 2.81 bits per heavy atom. The molecule has 0 aromatic heterocycles. The zero-order valence-electron chi connectivity index (χ0n) is 15.3. The second-order valence-electron chi connectivity index (χ2n) is 7.66. The van der Waals surface area contributed by atoms with Gasteiger partial charge in [0.05, 0.1) is 6.61 Å². The van der Waals surface area contributed by atoms with E-state index in [-0.39, 0.29) is 6.03 Å². The molecule has 2 bridgehead atoms. The minimum Gasteiger partial charge on any atom is -0.494 e. The third kappa shape index (κ3) is 3.37. The third-order valence-electron chi connectivity index (χ3n) is 5.88. The number of hydrogen-bond acceptors (Lipinski definition) is 3. The van der Waals surface area contributed by atoms with Crippen molar-refractivity contribution in [1.29, 1.82) is 0 Å². The molecule has 0 spiro atoms. The summed E-state index contributed by atoms with van der Waals surface area (Å²) in [6.07, 6.45) is 3.90. The molecule has 4 rings (SSSR count). The van der Waals surface area contributed by atoms with Crippen LogP contribution in [0, 0.1) is 11.8 Å². The van der Waals surface area contributed by atoms with E-state index in [0.717, 1.165) is 50.3 Å². The minimum absolute atomic E-state index is 0.0422. The second-order valence-corrected chi connectivity index (χ2v) is 7.66. The first-order valence-electron chi connectivity index (χ1n) is 9.72. The Morgan fingerprint density at radius 2 is 2.04 bits per heavy atom. The highest BCUT2D eigenvalue weighted by atomic mass is 16.5. The highest BCUT2D eigenvalue weighted by Gasteiger charge is 2.44. The summed E-state index contributed by atoms with van der Waals surface area (Å²) >= 11 is 0. The maximum atomic E-state index is 12.7. The Bertz CT molecular complexity index is 675. The largest absolute Gasteiger partial charge is 0.494 e. The number of benzene rings is 1. The van der Waals surface area contributed by atoms with Gasteiger partial charge in [0.25, 0.3) is 0 Å². The van der Waals surface area contributed by atoms with Crippen LogP contribution in [0.4, 0.5) is 10.5 Å². The highest BCUT2D eigenvalue weighted by molar-refractivity contribution is 5.89. The molecular formula is C20H27N3O3. The lowest BCUT2D eigenvalue weighted by Gasteiger charge is -2.52. The molecule has 140 valence electrons. The quantitative estimate of drug-likeness (QED) is 0.905. The van der Waals surface area contributed by atoms with Crippen LogP contribution >= 0.6 is 0 Å². The number of nitrogens with one attached hydrogen (secondary N) is 1. The summed E-state index contributed by atoms with van der Waals surface area (Å²) in [5.74, 6) is 1.93. The molecule has 3 aliphatic heterocycles. The lowest BCUT2D eigenvalue weighted by Crippen LogP contribution is -2.61. The van der Waals surface area contributed by atoms with Crippen molar-refractivity contribution < 1.29 is 14.3 Å². The van der Waals surface area contributed by atoms with Gasteiger partial charge in [0, 0.05) is 37.8 Å². The van der Waals surface area contributed by atoms with Gasteiger partial charge in [-0.05, 0) is 62.3 Å². The summed E-state index contributed by atoms with van der Waals surface area (Å²) in [4.78, 5) is 29.0. The Balaban J connectivity index is 1.39. The van der Waals surface area contributed by atoms with Crippen LogP contribution in [0.1, 0.15) is 32.6 Å². The number of nitrogens with zero attached hydrogens (tertiary/aromatic N) is 2. The molecule has 0 saturated carbocycles. The van der Waals surface area contributed by atoms with Gasteiger partial charge in [0.1, 0.15) is 5.75 Å². The predicted octanol–water partition coefficient (Wildman–Crippen LogP) is 2.95. The summed E-state index contributed by atoms with van der Waals surface area (Å²) in [5.41, 5.74) is 0.781. The fourth-order valence-corrected chi connectivity index (χ4v) is 4.78. The fraction of sp³-hybridized carbons (Fsp3) is 0.600. The molecular weight excluding hydrogens is 330 g/mol. The second kappa shape index (κ2) is 7.17. The van der Waals surface area contributed by atoms with Crippen molar-refractivity contribution in [2.75, 3.05) is 31.6 Å². The number of piperidine rings is 3. The number of hydrogen-bond donors (Lipinski definition) is 1. The zero-order chi connectivity index (χ0) is 18.1. The maximum absolute atomic E-state index is 12.7. The summed E-state index contributed by atoms with van der Waals surface area (Å²) < 4.78 is 5.44. The molecule has 6 heteroatoms. The number of carbonyl (C=O) groups excluding carboxylic acids is 2. The standard InChI is InChI=1S/C20H27N3O3/c1-2-26-17-8-6-16(7-9-17)21-20(25)22-11-14-10-15(13-22)18-4-3-5-19(24)23(18)12-14/h6-9,14-15,18H,2-5,10-13H2,1H3,(H,21,25)/t14-,15-,18-/m1/s1. The van der Waals surface area contributed by atoms with E-state index in [2.05, 4.69) is 10.2 Å². The number of ether oxygens (including phenoxy) is 1. The van der Waals surface area contributed by atoms with Gasteiger partial charge in [0.15, 0.2) is 0 Å². The Labute approximate surface area is 154 Å². The summed E-state index contributed by atoms with van der Waals surface area (Å²) in [7, 11) is 0. The van der Waals surface area contributed by atoms with Crippen molar-refractivity contribution in [2.45, 2.75) is 38.6 Å². The zero-order valence-corrected chi connectivity index (χ0v) is 15.3. The van der Waals surface area contributed by atoms with Crippen LogP contribution in [0.2, 0.25) is 0 Å². The van der Waals surface area contributed by atoms with Crippen LogP contribution in [0.25, 0.3) is 0 Å². The van der Waals surface area contributed by atoms with E-state index < -0.39 is 0 Å². The lowest BCUT2D eigenvalue weighted by molar-refractivity contribution is -0.144. The number of amides is 3. The molecule has 3 saturated heterocycles. The molecule has 3 amide bonds. The number of anilines is 1. The molecule has 3 aliphatic rings. The van der Waals surface area contributed by atoms with Crippen LogP contribution in [-0.4, -0.2) is 54.0 Å². The highest BCUT2D eigenvalue weighted by Crippen LogP contribution is 2.38. The first-order valence-corrected chi connectivity index (χ1v) is 9.72. The van der Waals surface area contributed by atoms with Crippen LogP contribution in [-0.2, 0) is 4.79 Å². The van der Waals surface area contributed by atoms with E-state index in [1.165, 1.54) is 0 Å². The van der Waals surface area contributed by atoms with Gasteiger partial charge in [-0.1, -0.05) is 0 Å². The molecule has 0 unspecified atom stereocenters. The minimum atomic E-state index is -0.0422. The van der Waals surface area contributed by atoms with E-state index >= 15 is 0 Å². The number of rotatable bonds is 3. The average Bonchev–Trinajstić information content (AvgIpc) is 2.64. The molecule has 0 aliphatic carbocycles. The molecule has 26 heavy (non-hydrogen) atoms. The predicted molar refractivity (Wildman–Crippen MR) is 99.2 cm³/mol. The lowest BCUT2D eigenvalue weighted by atomic mass is 9.76. The monoisotopic (exact) mass is 357 g/mol. The molecule has 0 radical (unpaired) electrons. The van der Waals surface area contributed by atoms with E-state index in [1.807, 2.05) is 36.1 Å². The maximum Gasteiger partial charge on any atom is 0.321 e. The molecule has 3 atom stereocenters. The van der Waals surface area contributed by atoms with Crippen molar-refractivity contribution >= 4 is 17.6 Å². The van der Waals surface area contributed by atoms with Gasteiger partial charge < -0.3 is 19.9 Å². The van der Waals surface area contributed by atoms with Gasteiger partial charge in [-0.2, -0.15) is 0 Å².